The second-order valence-electron chi connectivity index (χ2n) is 7.72. The van der Waals surface area contributed by atoms with E-state index in [1.54, 1.807) is 0 Å². The molecule has 0 unspecified atom stereocenters. The second-order valence-corrected chi connectivity index (χ2v) is 7.72. The van der Waals surface area contributed by atoms with E-state index in [4.69, 9.17) is 9.47 Å². The first-order chi connectivity index (χ1) is 14.9. The highest BCUT2D eigenvalue weighted by Crippen LogP contribution is 2.35. The van der Waals surface area contributed by atoms with Crippen molar-refractivity contribution in [2.45, 2.75) is 19.8 Å². The summed E-state index contributed by atoms with van der Waals surface area (Å²) in [7, 11) is 0. The molecule has 7 nitrogen and oxygen atoms in total. The maximum atomic E-state index is 12.7. The fourth-order valence-corrected chi connectivity index (χ4v) is 4.02. The molecule has 0 aliphatic carbocycles. The van der Waals surface area contributed by atoms with E-state index in [1.165, 1.54) is 6.07 Å². The van der Waals surface area contributed by atoms with E-state index in [0.717, 1.165) is 53.7 Å². The Kier molecular flexibility index (Phi) is 4.88. The van der Waals surface area contributed by atoms with E-state index in [0.29, 0.717) is 38.8 Å². The van der Waals surface area contributed by atoms with Gasteiger partial charge in [0.25, 0.3) is 0 Å². The molecule has 2 aromatic heterocycles. The SMILES string of the molecule is Cc1nc2cc3c(cc2n1CN1CCN(c2ccc(C(F)(F)F)cn2)CC1)OCCO3. The summed E-state index contributed by atoms with van der Waals surface area (Å²) in [6.45, 7) is 6.65. The minimum Gasteiger partial charge on any atom is -0.486 e. The van der Waals surface area contributed by atoms with Gasteiger partial charge in [0.2, 0.25) is 0 Å². The van der Waals surface area contributed by atoms with Gasteiger partial charge in [0.15, 0.2) is 11.5 Å². The first-order valence-corrected chi connectivity index (χ1v) is 10.2. The number of fused-ring (bicyclic) bond motifs is 2. The molecule has 2 aliphatic rings. The van der Waals surface area contributed by atoms with Crippen molar-refractivity contribution in [1.82, 2.24) is 19.4 Å². The molecule has 5 rings (SSSR count). The molecule has 31 heavy (non-hydrogen) atoms. The van der Waals surface area contributed by atoms with Crippen LogP contribution in [-0.2, 0) is 12.8 Å². The number of benzene rings is 1. The monoisotopic (exact) mass is 433 g/mol. The molecular formula is C21H22F3N5O2. The number of nitrogens with zero attached hydrogens (tertiary/aromatic N) is 5. The number of piperazine rings is 1. The number of aryl methyl sites for hydroxylation is 1. The van der Waals surface area contributed by atoms with E-state index in [9.17, 15) is 13.2 Å². The van der Waals surface area contributed by atoms with Crippen molar-refractivity contribution < 1.29 is 22.6 Å². The number of hydrogen-bond acceptors (Lipinski definition) is 6. The smallest absolute Gasteiger partial charge is 0.417 e. The summed E-state index contributed by atoms with van der Waals surface area (Å²) in [6, 6.07) is 6.42. The van der Waals surface area contributed by atoms with Gasteiger partial charge >= 0.3 is 6.18 Å². The minimum absolute atomic E-state index is 0.533. The topological polar surface area (TPSA) is 55.7 Å². The van der Waals surface area contributed by atoms with Crippen LogP contribution in [-0.4, -0.2) is 58.8 Å². The summed E-state index contributed by atoms with van der Waals surface area (Å²) in [5, 5.41) is 0. The van der Waals surface area contributed by atoms with E-state index < -0.39 is 11.7 Å². The number of alkyl halides is 3. The first-order valence-electron chi connectivity index (χ1n) is 10.2. The lowest BCUT2D eigenvalue weighted by Crippen LogP contribution is -2.47. The zero-order chi connectivity index (χ0) is 21.6. The lowest BCUT2D eigenvalue weighted by Gasteiger charge is -2.35. The fourth-order valence-electron chi connectivity index (χ4n) is 4.02. The quantitative estimate of drug-likeness (QED) is 0.632. The molecule has 3 aromatic rings. The molecule has 1 saturated heterocycles. The number of imidazole rings is 1. The lowest BCUT2D eigenvalue weighted by atomic mass is 10.2. The maximum absolute atomic E-state index is 12.7. The van der Waals surface area contributed by atoms with Gasteiger partial charge in [-0.05, 0) is 19.1 Å². The lowest BCUT2D eigenvalue weighted by molar-refractivity contribution is -0.137. The summed E-state index contributed by atoms with van der Waals surface area (Å²) in [4.78, 5) is 13.0. The van der Waals surface area contributed by atoms with Crippen LogP contribution in [0.15, 0.2) is 30.5 Å². The third-order valence-corrected chi connectivity index (χ3v) is 5.72. The van der Waals surface area contributed by atoms with Gasteiger partial charge in [-0.25, -0.2) is 9.97 Å². The Morgan fingerprint density at radius 1 is 1.00 bits per heavy atom. The van der Waals surface area contributed by atoms with Crippen LogP contribution in [0.3, 0.4) is 0 Å². The Hall–Kier alpha value is -3.01. The zero-order valence-corrected chi connectivity index (χ0v) is 17.0. The second kappa shape index (κ2) is 7.60. The predicted molar refractivity (Wildman–Crippen MR) is 108 cm³/mol. The first kappa shape index (κ1) is 19.9. The van der Waals surface area contributed by atoms with Crippen LogP contribution in [0.5, 0.6) is 11.5 Å². The summed E-state index contributed by atoms with van der Waals surface area (Å²) in [5.41, 5.74) is 1.14. The molecule has 10 heteroatoms. The molecule has 0 radical (unpaired) electrons. The Balaban J connectivity index is 1.27. The van der Waals surface area contributed by atoms with Crippen LogP contribution in [0.2, 0.25) is 0 Å². The summed E-state index contributed by atoms with van der Waals surface area (Å²) in [5.74, 6) is 2.93. The summed E-state index contributed by atoms with van der Waals surface area (Å²) < 4.78 is 51.8. The Morgan fingerprint density at radius 3 is 2.35 bits per heavy atom. The largest absolute Gasteiger partial charge is 0.486 e. The molecule has 0 atom stereocenters. The maximum Gasteiger partial charge on any atom is 0.417 e. The number of anilines is 1. The van der Waals surface area contributed by atoms with E-state index in [-0.39, 0.29) is 0 Å². The third kappa shape index (κ3) is 3.87. The van der Waals surface area contributed by atoms with Gasteiger partial charge in [-0.1, -0.05) is 0 Å². The van der Waals surface area contributed by atoms with Gasteiger partial charge in [-0.2, -0.15) is 13.2 Å². The molecule has 4 heterocycles. The van der Waals surface area contributed by atoms with Gasteiger partial charge in [-0.3, -0.25) is 4.90 Å². The molecule has 0 spiro atoms. The molecule has 1 aromatic carbocycles. The Morgan fingerprint density at radius 2 is 1.71 bits per heavy atom. The van der Waals surface area contributed by atoms with Crippen LogP contribution < -0.4 is 14.4 Å². The van der Waals surface area contributed by atoms with Crippen LogP contribution >= 0.6 is 0 Å². The number of aromatic nitrogens is 3. The molecule has 0 saturated carbocycles. The van der Waals surface area contributed by atoms with Gasteiger partial charge in [0.1, 0.15) is 24.9 Å². The minimum atomic E-state index is -4.37. The summed E-state index contributed by atoms with van der Waals surface area (Å²) in [6.07, 6.45) is -3.47. The number of halogens is 3. The molecule has 164 valence electrons. The van der Waals surface area contributed by atoms with Gasteiger partial charge in [-0.15, -0.1) is 0 Å². The Labute approximate surface area is 177 Å². The van der Waals surface area contributed by atoms with E-state index in [2.05, 4.69) is 19.4 Å². The normalized spacial score (nSPS) is 17.4. The number of rotatable bonds is 3. The van der Waals surface area contributed by atoms with Crippen molar-refractivity contribution in [1.29, 1.82) is 0 Å². The van der Waals surface area contributed by atoms with E-state index in [1.807, 2.05) is 24.0 Å². The van der Waals surface area contributed by atoms with Crippen molar-refractivity contribution in [3.05, 3.63) is 41.9 Å². The van der Waals surface area contributed by atoms with Crippen molar-refractivity contribution in [2.24, 2.45) is 0 Å². The standard InChI is InChI=1S/C21H22F3N5O2/c1-14-26-16-10-18-19(31-9-8-30-18)11-17(16)29(14)13-27-4-6-28(7-5-27)20-3-2-15(12-25-20)21(22,23)24/h2-3,10-12H,4-9,13H2,1H3. The molecule has 0 N–H and O–H groups in total. The predicted octanol–water partition coefficient (Wildman–Crippen LogP) is 3.31. The van der Waals surface area contributed by atoms with Crippen molar-refractivity contribution >= 4 is 16.9 Å². The Bertz CT molecular complexity index is 1090. The molecule has 0 bridgehead atoms. The van der Waals surface area contributed by atoms with Crippen LogP contribution in [0.25, 0.3) is 11.0 Å². The average Bonchev–Trinajstić information content (AvgIpc) is 3.06. The number of ether oxygens (including phenoxy) is 2. The van der Waals surface area contributed by atoms with Gasteiger partial charge in [0, 0.05) is 44.5 Å². The van der Waals surface area contributed by atoms with Crippen molar-refractivity contribution in [2.75, 3.05) is 44.3 Å². The number of pyridine rings is 1. The summed E-state index contributed by atoms with van der Waals surface area (Å²) >= 11 is 0. The zero-order valence-electron chi connectivity index (χ0n) is 17.0. The highest BCUT2D eigenvalue weighted by Gasteiger charge is 2.31. The highest BCUT2D eigenvalue weighted by atomic mass is 19.4. The van der Waals surface area contributed by atoms with Crippen LogP contribution in [0.1, 0.15) is 11.4 Å². The van der Waals surface area contributed by atoms with E-state index >= 15 is 0 Å². The average molecular weight is 433 g/mol. The molecule has 1 fully saturated rings. The van der Waals surface area contributed by atoms with Crippen LogP contribution in [0.4, 0.5) is 19.0 Å². The fraction of sp³-hybridized carbons (Fsp3) is 0.429. The van der Waals surface area contributed by atoms with Crippen molar-refractivity contribution in [3.63, 3.8) is 0 Å². The molecule has 0 amide bonds. The highest BCUT2D eigenvalue weighted by molar-refractivity contribution is 5.80. The molecule has 2 aliphatic heterocycles. The van der Waals surface area contributed by atoms with Gasteiger partial charge < -0.3 is 18.9 Å². The van der Waals surface area contributed by atoms with Gasteiger partial charge in [0.05, 0.1) is 23.3 Å². The molecular weight excluding hydrogens is 411 g/mol. The van der Waals surface area contributed by atoms with Crippen molar-refractivity contribution in [3.8, 4) is 11.5 Å². The number of hydrogen-bond donors (Lipinski definition) is 0. The van der Waals surface area contributed by atoms with Crippen LogP contribution in [0, 0.1) is 6.92 Å². The third-order valence-electron chi connectivity index (χ3n) is 5.72.